The van der Waals surface area contributed by atoms with Crippen molar-refractivity contribution in [1.29, 1.82) is 0 Å². The van der Waals surface area contributed by atoms with Crippen LogP contribution in [-0.2, 0) is 13.2 Å². The van der Waals surface area contributed by atoms with Crippen LogP contribution in [0.4, 0.5) is 0 Å². The highest BCUT2D eigenvalue weighted by molar-refractivity contribution is 9.11. The summed E-state index contributed by atoms with van der Waals surface area (Å²) in [5.74, 6) is 1.34. The smallest absolute Gasteiger partial charge is 0.271 e. The molecule has 0 radical (unpaired) electrons. The first-order chi connectivity index (χ1) is 18.9. The number of carbonyl (C=O) groups excluding carboxylic acids is 1. The van der Waals surface area contributed by atoms with Crippen LogP contribution in [0.1, 0.15) is 34.0 Å². The molecule has 0 bridgehead atoms. The molecule has 4 aromatic rings. The second-order valence-electron chi connectivity index (χ2n) is 8.30. The molecule has 0 aliphatic carbocycles. The lowest BCUT2D eigenvalue weighted by Crippen LogP contribution is -2.17. The fourth-order valence-corrected chi connectivity index (χ4v) is 5.11. The lowest BCUT2D eigenvalue weighted by Gasteiger charge is -2.13. The first-order valence-electron chi connectivity index (χ1n) is 12.1. The summed E-state index contributed by atoms with van der Waals surface area (Å²) >= 11 is 13.0. The Balaban J connectivity index is 1.37. The van der Waals surface area contributed by atoms with Crippen LogP contribution in [0.2, 0.25) is 5.02 Å². The number of hydrogen-bond acceptors (Lipinski definition) is 5. The average Bonchev–Trinajstić information content (AvgIpc) is 2.93. The molecule has 1 N–H and O–H groups in total. The largest absolute Gasteiger partial charge is 0.490 e. The molecule has 0 saturated carbocycles. The van der Waals surface area contributed by atoms with Crippen LogP contribution < -0.4 is 19.6 Å². The lowest BCUT2D eigenvalue weighted by molar-refractivity contribution is 0.0954. The van der Waals surface area contributed by atoms with E-state index in [2.05, 4.69) is 42.4 Å². The van der Waals surface area contributed by atoms with Crippen LogP contribution >= 0.6 is 43.5 Å². The predicted molar refractivity (Wildman–Crippen MR) is 161 cm³/mol. The van der Waals surface area contributed by atoms with Gasteiger partial charge in [-0.15, -0.1) is 0 Å². The SMILES string of the molecule is CCOc1cc(C(=O)N/N=C/c2cc(Br)c(OCc3ccc(Cl)cc3)c(Br)c2)ccc1OCc1ccccc1. The number of benzene rings is 4. The summed E-state index contributed by atoms with van der Waals surface area (Å²) in [6, 6.07) is 26.1. The Hall–Kier alpha value is -3.33. The molecule has 0 unspecified atom stereocenters. The van der Waals surface area contributed by atoms with Gasteiger partial charge in [0.2, 0.25) is 0 Å². The van der Waals surface area contributed by atoms with E-state index in [-0.39, 0.29) is 5.91 Å². The summed E-state index contributed by atoms with van der Waals surface area (Å²) in [4.78, 5) is 12.7. The molecule has 0 saturated heterocycles. The Morgan fingerprint density at radius 2 is 1.51 bits per heavy atom. The minimum Gasteiger partial charge on any atom is -0.490 e. The summed E-state index contributed by atoms with van der Waals surface area (Å²) in [6.45, 7) is 3.10. The molecule has 0 heterocycles. The number of nitrogens with zero attached hydrogens (tertiary/aromatic N) is 1. The van der Waals surface area contributed by atoms with Crippen molar-refractivity contribution in [1.82, 2.24) is 5.43 Å². The Morgan fingerprint density at radius 3 is 2.21 bits per heavy atom. The molecule has 9 heteroatoms. The van der Waals surface area contributed by atoms with Crippen LogP contribution in [0.3, 0.4) is 0 Å². The average molecular weight is 673 g/mol. The number of rotatable bonds is 11. The highest BCUT2D eigenvalue weighted by atomic mass is 79.9. The third kappa shape index (κ3) is 8.33. The van der Waals surface area contributed by atoms with Gasteiger partial charge in [0.1, 0.15) is 19.0 Å². The molecule has 0 aliphatic rings. The number of halogens is 3. The number of hydrogen-bond donors (Lipinski definition) is 1. The standard InChI is InChI=1S/C30H25Br2ClN2O4/c1-2-37-28-16-23(10-13-27(28)38-18-20-6-4-3-5-7-20)30(36)35-34-17-22-14-25(31)29(26(32)15-22)39-19-21-8-11-24(33)12-9-21/h3-17H,2,18-19H2,1H3,(H,35,36)/b34-17+. The number of nitrogens with one attached hydrogen (secondary N) is 1. The van der Waals surface area contributed by atoms with Gasteiger partial charge in [0.25, 0.3) is 5.91 Å². The van der Waals surface area contributed by atoms with Crippen molar-refractivity contribution in [2.45, 2.75) is 20.1 Å². The molecule has 0 aliphatic heterocycles. The Labute approximate surface area is 249 Å². The lowest BCUT2D eigenvalue weighted by atomic mass is 10.2. The summed E-state index contributed by atoms with van der Waals surface area (Å²) in [5, 5.41) is 4.79. The monoisotopic (exact) mass is 670 g/mol. The molecular formula is C30H25Br2ClN2O4. The molecule has 4 aromatic carbocycles. The van der Waals surface area contributed by atoms with Crippen LogP contribution in [0, 0.1) is 0 Å². The maximum Gasteiger partial charge on any atom is 0.271 e. The molecule has 0 atom stereocenters. The highest BCUT2D eigenvalue weighted by Crippen LogP contribution is 2.35. The maximum absolute atomic E-state index is 12.7. The molecule has 39 heavy (non-hydrogen) atoms. The fourth-order valence-electron chi connectivity index (χ4n) is 3.53. The van der Waals surface area contributed by atoms with Crippen molar-refractivity contribution in [3.8, 4) is 17.2 Å². The van der Waals surface area contributed by atoms with E-state index in [1.54, 1.807) is 24.4 Å². The van der Waals surface area contributed by atoms with Gasteiger partial charge >= 0.3 is 0 Å². The van der Waals surface area contributed by atoms with Crippen molar-refractivity contribution >= 4 is 55.6 Å². The van der Waals surface area contributed by atoms with Gasteiger partial charge in [-0.3, -0.25) is 4.79 Å². The van der Waals surface area contributed by atoms with Gasteiger partial charge in [-0.1, -0.05) is 54.1 Å². The van der Waals surface area contributed by atoms with Gasteiger partial charge in [-0.25, -0.2) is 5.43 Å². The van der Waals surface area contributed by atoms with Crippen molar-refractivity contribution < 1.29 is 19.0 Å². The quantitative estimate of drug-likeness (QED) is 0.129. The molecule has 0 fully saturated rings. The molecular weight excluding hydrogens is 648 g/mol. The maximum atomic E-state index is 12.7. The Kier molecular flexibility index (Phi) is 10.4. The van der Waals surface area contributed by atoms with E-state index < -0.39 is 0 Å². The minimum absolute atomic E-state index is 0.372. The number of carbonyl (C=O) groups is 1. The normalized spacial score (nSPS) is 10.9. The zero-order chi connectivity index (χ0) is 27.6. The van der Waals surface area contributed by atoms with Gasteiger partial charge in [-0.05, 0) is 97.9 Å². The number of amides is 1. The summed E-state index contributed by atoms with van der Waals surface area (Å²) in [7, 11) is 0. The number of ether oxygens (including phenoxy) is 3. The van der Waals surface area contributed by atoms with Crippen molar-refractivity contribution in [2.75, 3.05) is 6.61 Å². The summed E-state index contributed by atoms with van der Waals surface area (Å²) < 4.78 is 19.1. The van der Waals surface area contributed by atoms with Gasteiger partial charge in [-0.2, -0.15) is 5.10 Å². The molecule has 200 valence electrons. The zero-order valence-electron chi connectivity index (χ0n) is 21.0. The Bertz CT molecular complexity index is 1420. The fraction of sp³-hybridized carbons (Fsp3) is 0.133. The number of hydrazone groups is 1. The second-order valence-corrected chi connectivity index (χ2v) is 10.4. The van der Waals surface area contributed by atoms with E-state index in [1.807, 2.05) is 73.7 Å². The van der Waals surface area contributed by atoms with E-state index in [4.69, 9.17) is 25.8 Å². The third-order valence-corrected chi connectivity index (χ3v) is 6.87. The Morgan fingerprint density at radius 1 is 0.846 bits per heavy atom. The zero-order valence-corrected chi connectivity index (χ0v) is 24.9. The van der Waals surface area contributed by atoms with E-state index in [0.29, 0.717) is 47.7 Å². The first kappa shape index (κ1) is 28.7. The van der Waals surface area contributed by atoms with Crippen LogP contribution in [0.5, 0.6) is 17.2 Å². The molecule has 0 aromatic heterocycles. The van der Waals surface area contributed by atoms with E-state index in [0.717, 1.165) is 25.6 Å². The molecule has 4 rings (SSSR count). The van der Waals surface area contributed by atoms with Gasteiger partial charge in [0.15, 0.2) is 11.5 Å². The molecule has 0 spiro atoms. The molecule has 6 nitrogen and oxygen atoms in total. The van der Waals surface area contributed by atoms with E-state index in [9.17, 15) is 4.79 Å². The second kappa shape index (κ2) is 14.2. The highest BCUT2D eigenvalue weighted by Gasteiger charge is 2.13. The van der Waals surface area contributed by atoms with Crippen molar-refractivity contribution in [3.05, 3.63) is 121 Å². The van der Waals surface area contributed by atoms with Crippen LogP contribution in [0.25, 0.3) is 0 Å². The van der Waals surface area contributed by atoms with Crippen molar-refractivity contribution in [2.24, 2.45) is 5.10 Å². The van der Waals surface area contributed by atoms with Gasteiger partial charge in [0.05, 0.1) is 21.8 Å². The summed E-state index contributed by atoms with van der Waals surface area (Å²) in [6.07, 6.45) is 1.55. The van der Waals surface area contributed by atoms with Crippen LogP contribution in [-0.4, -0.2) is 18.7 Å². The topological polar surface area (TPSA) is 69.2 Å². The van der Waals surface area contributed by atoms with Gasteiger partial charge < -0.3 is 14.2 Å². The van der Waals surface area contributed by atoms with E-state index in [1.165, 1.54) is 0 Å². The summed E-state index contributed by atoms with van der Waals surface area (Å²) in [5.41, 5.74) is 5.75. The molecule has 1 amide bonds. The predicted octanol–water partition coefficient (Wildman–Crippen LogP) is 8.19. The van der Waals surface area contributed by atoms with Gasteiger partial charge in [0, 0.05) is 10.6 Å². The van der Waals surface area contributed by atoms with Crippen molar-refractivity contribution in [3.63, 3.8) is 0 Å². The van der Waals surface area contributed by atoms with Crippen LogP contribution in [0.15, 0.2) is 99.0 Å². The first-order valence-corrected chi connectivity index (χ1v) is 14.0. The van der Waals surface area contributed by atoms with E-state index >= 15 is 0 Å². The third-order valence-electron chi connectivity index (χ3n) is 5.44. The minimum atomic E-state index is -0.372.